The molecule has 0 saturated carbocycles. The molecule has 8 nitrogen and oxygen atoms in total. The molecule has 2 rings (SSSR count). The second kappa shape index (κ2) is 11.1. The number of ether oxygens (including phenoxy) is 1. The number of rotatable bonds is 9. The topological polar surface area (TPSA) is 96.0 Å². The van der Waals surface area contributed by atoms with Gasteiger partial charge in [-0.25, -0.2) is 8.42 Å². The highest BCUT2D eigenvalue weighted by Crippen LogP contribution is 2.31. The summed E-state index contributed by atoms with van der Waals surface area (Å²) in [5, 5.41) is 2.91. The van der Waals surface area contributed by atoms with Gasteiger partial charge in [0, 0.05) is 12.1 Å². The molecule has 0 saturated heterocycles. The predicted molar refractivity (Wildman–Crippen MR) is 139 cm³/mol. The Bertz CT molecular complexity index is 1170. The highest BCUT2D eigenvalue weighted by Gasteiger charge is 2.32. The van der Waals surface area contributed by atoms with Gasteiger partial charge in [0.15, 0.2) is 0 Å². The third-order valence-corrected chi connectivity index (χ3v) is 6.51. The maximum Gasteiger partial charge on any atom is 0.244 e. The van der Waals surface area contributed by atoms with E-state index in [4.69, 9.17) is 4.74 Å². The second-order valence-corrected chi connectivity index (χ2v) is 11.8. The van der Waals surface area contributed by atoms with E-state index in [0.717, 1.165) is 27.3 Å². The van der Waals surface area contributed by atoms with Gasteiger partial charge >= 0.3 is 0 Å². The minimum atomic E-state index is -3.84. The lowest BCUT2D eigenvalue weighted by atomic mass is 10.1. The van der Waals surface area contributed by atoms with Gasteiger partial charge in [0.2, 0.25) is 21.8 Å². The normalized spacial score (nSPS) is 12.6. The van der Waals surface area contributed by atoms with Crippen LogP contribution in [0.3, 0.4) is 0 Å². The maximum atomic E-state index is 13.7. The van der Waals surface area contributed by atoms with Gasteiger partial charge in [0.1, 0.15) is 18.3 Å². The van der Waals surface area contributed by atoms with Gasteiger partial charge in [-0.3, -0.25) is 13.9 Å². The number of aryl methyl sites for hydroxylation is 2. The van der Waals surface area contributed by atoms with E-state index in [2.05, 4.69) is 5.32 Å². The molecule has 0 heterocycles. The van der Waals surface area contributed by atoms with Crippen LogP contribution in [0.25, 0.3) is 0 Å². The first-order chi connectivity index (χ1) is 16.1. The van der Waals surface area contributed by atoms with Crippen LogP contribution < -0.4 is 14.4 Å². The number of methoxy groups -OCH3 is 1. The smallest absolute Gasteiger partial charge is 0.244 e. The second-order valence-electron chi connectivity index (χ2n) is 9.87. The summed E-state index contributed by atoms with van der Waals surface area (Å²) in [6.45, 7) is 10.7. The molecule has 0 aliphatic heterocycles. The number of anilines is 1. The molecule has 2 aromatic rings. The molecular formula is C26H37N3O5S. The minimum absolute atomic E-state index is 0.155. The lowest BCUT2D eigenvalue weighted by Crippen LogP contribution is -2.54. The van der Waals surface area contributed by atoms with Gasteiger partial charge < -0.3 is 15.0 Å². The van der Waals surface area contributed by atoms with Crippen LogP contribution in [0.15, 0.2) is 42.5 Å². The Morgan fingerprint density at radius 1 is 1.06 bits per heavy atom. The van der Waals surface area contributed by atoms with Crippen molar-refractivity contribution in [3.05, 3.63) is 59.2 Å². The molecule has 192 valence electrons. The van der Waals surface area contributed by atoms with Crippen LogP contribution in [0, 0.1) is 13.8 Å². The predicted octanol–water partition coefficient (Wildman–Crippen LogP) is 3.41. The molecule has 0 fully saturated rings. The molecule has 0 bridgehead atoms. The first kappa shape index (κ1) is 28.2. The highest BCUT2D eigenvalue weighted by molar-refractivity contribution is 7.92. The van der Waals surface area contributed by atoms with Crippen LogP contribution in [-0.4, -0.2) is 56.6 Å². The third kappa shape index (κ3) is 7.99. The van der Waals surface area contributed by atoms with Gasteiger partial charge in [-0.05, 0) is 64.8 Å². The van der Waals surface area contributed by atoms with Crippen molar-refractivity contribution < 1.29 is 22.7 Å². The number of nitrogens with zero attached hydrogens (tertiary/aromatic N) is 2. The molecule has 1 N–H and O–H groups in total. The average Bonchev–Trinajstić information content (AvgIpc) is 2.73. The lowest BCUT2D eigenvalue weighted by Gasteiger charge is -2.33. The summed E-state index contributed by atoms with van der Waals surface area (Å²) < 4.78 is 32.0. The van der Waals surface area contributed by atoms with E-state index in [0.29, 0.717) is 5.75 Å². The minimum Gasteiger partial charge on any atom is -0.495 e. The molecule has 9 heteroatoms. The quantitative estimate of drug-likeness (QED) is 0.566. The van der Waals surface area contributed by atoms with Crippen molar-refractivity contribution >= 4 is 27.5 Å². The Kier molecular flexibility index (Phi) is 8.94. The molecule has 35 heavy (non-hydrogen) atoms. The summed E-state index contributed by atoms with van der Waals surface area (Å²) in [7, 11) is -2.40. The summed E-state index contributed by atoms with van der Waals surface area (Å²) in [4.78, 5) is 28.1. The third-order valence-electron chi connectivity index (χ3n) is 5.38. The van der Waals surface area contributed by atoms with Crippen LogP contribution in [-0.2, 0) is 26.2 Å². The number of hydrogen-bond donors (Lipinski definition) is 1. The standard InChI is InChI=1S/C26H37N3O5S/c1-18-10-9-11-21(14-18)16-28(20(3)25(31)27-26(4,5)6)24(30)17-29(35(8,32)33)22-15-19(2)12-13-23(22)34-7/h9-15,20H,16-17H2,1-8H3,(H,27,31)/t20-/m1/s1. The zero-order valence-electron chi connectivity index (χ0n) is 21.9. The summed E-state index contributed by atoms with van der Waals surface area (Å²) in [6.07, 6.45) is 1.04. The Hall–Kier alpha value is -3.07. The molecule has 2 aromatic carbocycles. The van der Waals surface area contributed by atoms with Crippen LogP contribution in [0.1, 0.15) is 44.4 Å². The van der Waals surface area contributed by atoms with Crippen molar-refractivity contribution in [2.45, 2.75) is 59.7 Å². The van der Waals surface area contributed by atoms with Gasteiger partial charge in [-0.2, -0.15) is 0 Å². The van der Waals surface area contributed by atoms with Gasteiger partial charge in [0.25, 0.3) is 0 Å². The molecule has 0 unspecified atom stereocenters. The van der Waals surface area contributed by atoms with E-state index in [-0.39, 0.29) is 18.1 Å². The van der Waals surface area contributed by atoms with Crippen LogP contribution in [0.4, 0.5) is 5.69 Å². The largest absolute Gasteiger partial charge is 0.495 e. The summed E-state index contributed by atoms with van der Waals surface area (Å²) in [5.74, 6) is -0.493. The van der Waals surface area contributed by atoms with Crippen molar-refractivity contribution in [2.24, 2.45) is 0 Å². The molecular weight excluding hydrogens is 466 g/mol. The number of amides is 2. The Balaban J connectivity index is 2.48. The summed E-state index contributed by atoms with van der Waals surface area (Å²) in [6, 6.07) is 11.9. The molecule has 0 aliphatic carbocycles. The van der Waals surface area contributed by atoms with Crippen LogP contribution >= 0.6 is 0 Å². The van der Waals surface area contributed by atoms with Crippen molar-refractivity contribution in [1.29, 1.82) is 0 Å². The van der Waals surface area contributed by atoms with E-state index >= 15 is 0 Å². The lowest BCUT2D eigenvalue weighted by molar-refractivity contribution is -0.140. The van der Waals surface area contributed by atoms with Crippen LogP contribution in [0.2, 0.25) is 0 Å². The van der Waals surface area contributed by atoms with Crippen molar-refractivity contribution in [3.8, 4) is 5.75 Å². The zero-order valence-corrected chi connectivity index (χ0v) is 22.7. The fraction of sp³-hybridized carbons (Fsp3) is 0.462. The van der Waals surface area contributed by atoms with Gasteiger partial charge in [-0.15, -0.1) is 0 Å². The number of benzene rings is 2. The van der Waals surface area contributed by atoms with E-state index in [9.17, 15) is 18.0 Å². The van der Waals surface area contributed by atoms with Crippen molar-refractivity contribution in [2.75, 3.05) is 24.2 Å². The Morgan fingerprint density at radius 2 is 1.69 bits per heavy atom. The van der Waals surface area contributed by atoms with Crippen LogP contribution in [0.5, 0.6) is 5.75 Å². The molecule has 0 aliphatic rings. The number of hydrogen-bond acceptors (Lipinski definition) is 5. The monoisotopic (exact) mass is 503 g/mol. The maximum absolute atomic E-state index is 13.7. The molecule has 2 amide bonds. The average molecular weight is 504 g/mol. The molecule has 0 radical (unpaired) electrons. The summed E-state index contributed by atoms with van der Waals surface area (Å²) >= 11 is 0. The SMILES string of the molecule is COc1ccc(C)cc1N(CC(=O)N(Cc1cccc(C)c1)[C@H](C)C(=O)NC(C)(C)C)S(C)(=O)=O. The number of carbonyl (C=O) groups is 2. The first-order valence-electron chi connectivity index (χ1n) is 11.4. The van der Waals surface area contributed by atoms with Crippen molar-refractivity contribution in [3.63, 3.8) is 0 Å². The van der Waals surface area contributed by atoms with Gasteiger partial charge in [0.05, 0.1) is 19.1 Å². The van der Waals surface area contributed by atoms with Gasteiger partial charge in [-0.1, -0.05) is 35.9 Å². The number of sulfonamides is 1. The fourth-order valence-electron chi connectivity index (χ4n) is 3.65. The Morgan fingerprint density at radius 3 is 2.23 bits per heavy atom. The van der Waals surface area contributed by atoms with E-state index < -0.39 is 34.1 Å². The van der Waals surface area contributed by atoms with E-state index in [1.807, 2.05) is 58.9 Å². The number of carbonyl (C=O) groups excluding carboxylic acids is 2. The van der Waals surface area contributed by atoms with Crippen molar-refractivity contribution in [1.82, 2.24) is 10.2 Å². The first-order valence-corrected chi connectivity index (χ1v) is 13.3. The van der Waals surface area contributed by atoms with E-state index in [1.54, 1.807) is 25.1 Å². The fourth-order valence-corrected chi connectivity index (χ4v) is 4.50. The zero-order chi connectivity index (χ0) is 26.6. The molecule has 1 atom stereocenters. The highest BCUT2D eigenvalue weighted by atomic mass is 32.2. The Labute approximate surface area is 209 Å². The number of nitrogens with one attached hydrogen (secondary N) is 1. The van der Waals surface area contributed by atoms with E-state index in [1.165, 1.54) is 12.0 Å². The summed E-state index contributed by atoms with van der Waals surface area (Å²) in [5.41, 5.74) is 2.45. The molecule has 0 spiro atoms. The molecule has 0 aromatic heterocycles.